The molecule has 0 radical (unpaired) electrons. The third-order valence-corrected chi connectivity index (χ3v) is 8.53. The topological polar surface area (TPSA) is 82.9 Å². The Kier molecular flexibility index (Phi) is 6.95. The van der Waals surface area contributed by atoms with Gasteiger partial charge in [0.15, 0.2) is 0 Å². The number of fused-ring (bicyclic) bond motifs is 1. The molecule has 186 valence electrons. The molecule has 0 spiro atoms. The summed E-state index contributed by atoms with van der Waals surface area (Å²) >= 11 is 6.18. The van der Waals surface area contributed by atoms with Crippen molar-refractivity contribution >= 4 is 44.1 Å². The molecule has 1 fully saturated rings. The lowest BCUT2D eigenvalue weighted by Gasteiger charge is -2.37. The SMILES string of the molecule is CCn1cc(C(=O)N2CCN(c3cc(Cl)ccc3C)CC2)c(=O)c2cc(S(=O)(=O)N(C)C)ccc21. The van der Waals surface area contributed by atoms with E-state index in [4.69, 9.17) is 11.6 Å². The van der Waals surface area contributed by atoms with Gasteiger partial charge >= 0.3 is 0 Å². The van der Waals surface area contributed by atoms with Crippen LogP contribution in [0.5, 0.6) is 0 Å². The van der Waals surface area contributed by atoms with Gasteiger partial charge in [-0.3, -0.25) is 9.59 Å². The number of hydrogen-bond acceptors (Lipinski definition) is 5. The van der Waals surface area contributed by atoms with Crippen LogP contribution in [0.2, 0.25) is 5.02 Å². The number of halogens is 1. The Morgan fingerprint density at radius 2 is 1.74 bits per heavy atom. The first-order valence-electron chi connectivity index (χ1n) is 11.4. The summed E-state index contributed by atoms with van der Waals surface area (Å²) in [5.74, 6) is -0.345. The summed E-state index contributed by atoms with van der Waals surface area (Å²) in [4.78, 5) is 30.7. The summed E-state index contributed by atoms with van der Waals surface area (Å²) in [6.45, 7) is 6.62. The van der Waals surface area contributed by atoms with E-state index in [1.54, 1.807) is 17.2 Å². The molecule has 1 aliphatic heterocycles. The van der Waals surface area contributed by atoms with Crippen LogP contribution in [0.25, 0.3) is 10.9 Å². The lowest BCUT2D eigenvalue weighted by atomic mass is 10.1. The number of pyridine rings is 1. The van der Waals surface area contributed by atoms with Gasteiger partial charge in [-0.05, 0) is 49.7 Å². The van der Waals surface area contributed by atoms with Crippen molar-refractivity contribution in [3.63, 3.8) is 0 Å². The Hall–Kier alpha value is -2.88. The Bertz CT molecular complexity index is 1460. The number of rotatable bonds is 5. The highest BCUT2D eigenvalue weighted by molar-refractivity contribution is 7.89. The van der Waals surface area contributed by atoms with Crippen molar-refractivity contribution in [3.05, 3.63) is 69.0 Å². The first kappa shape index (κ1) is 25.2. The quantitative estimate of drug-likeness (QED) is 0.520. The molecule has 3 aromatic rings. The second-order valence-corrected chi connectivity index (χ2v) is 11.4. The van der Waals surface area contributed by atoms with E-state index < -0.39 is 15.5 Å². The number of anilines is 1. The number of hydrogen-bond donors (Lipinski definition) is 0. The predicted molar refractivity (Wildman–Crippen MR) is 139 cm³/mol. The highest BCUT2D eigenvalue weighted by atomic mass is 35.5. The van der Waals surface area contributed by atoms with Crippen molar-refractivity contribution in [2.24, 2.45) is 0 Å². The zero-order chi connectivity index (χ0) is 25.5. The summed E-state index contributed by atoms with van der Waals surface area (Å²) in [5.41, 5.74) is 2.33. The van der Waals surface area contributed by atoms with Gasteiger partial charge in [0.05, 0.1) is 10.4 Å². The lowest BCUT2D eigenvalue weighted by Crippen LogP contribution is -2.49. The molecule has 0 N–H and O–H groups in total. The fourth-order valence-corrected chi connectivity index (χ4v) is 5.50. The number of carbonyl (C=O) groups excluding carboxylic acids is 1. The summed E-state index contributed by atoms with van der Waals surface area (Å²) in [5, 5.41) is 0.879. The number of amides is 1. The molecule has 0 bridgehead atoms. The monoisotopic (exact) mass is 516 g/mol. The summed E-state index contributed by atoms with van der Waals surface area (Å²) in [7, 11) is -0.845. The van der Waals surface area contributed by atoms with E-state index in [-0.39, 0.29) is 21.8 Å². The van der Waals surface area contributed by atoms with Crippen LogP contribution >= 0.6 is 11.6 Å². The van der Waals surface area contributed by atoms with Gasteiger partial charge in [0, 0.05) is 69.1 Å². The van der Waals surface area contributed by atoms with Gasteiger partial charge in [-0.2, -0.15) is 0 Å². The molecule has 2 aromatic carbocycles. The second-order valence-electron chi connectivity index (χ2n) is 8.83. The van der Waals surface area contributed by atoms with Gasteiger partial charge in [0.2, 0.25) is 15.5 Å². The Morgan fingerprint density at radius 3 is 2.37 bits per heavy atom. The van der Waals surface area contributed by atoms with Gasteiger partial charge in [-0.25, -0.2) is 12.7 Å². The molecule has 4 rings (SSSR count). The Labute approximate surface area is 210 Å². The van der Waals surface area contributed by atoms with Crippen molar-refractivity contribution in [1.82, 2.24) is 13.8 Å². The molecule has 1 aliphatic rings. The van der Waals surface area contributed by atoms with Crippen molar-refractivity contribution in [3.8, 4) is 0 Å². The van der Waals surface area contributed by atoms with E-state index in [0.29, 0.717) is 43.3 Å². The maximum atomic E-state index is 13.4. The fourth-order valence-electron chi connectivity index (χ4n) is 4.41. The van der Waals surface area contributed by atoms with Gasteiger partial charge in [0.1, 0.15) is 5.56 Å². The summed E-state index contributed by atoms with van der Waals surface area (Å²) in [6.07, 6.45) is 1.58. The van der Waals surface area contributed by atoms with E-state index >= 15 is 0 Å². The largest absolute Gasteiger partial charge is 0.368 e. The molecule has 0 atom stereocenters. The lowest BCUT2D eigenvalue weighted by molar-refractivity contribution is 0.0745. The highest BCUT2D eigenvalue weighted by Crippen LogP contribution is 2.26. The number of piperazine rings is 1. The van der Waals surface area contributed by atoms with Gasteiger partial charge in [-0.1, -0.05) is 17.7 Å². The van der Waals surface area contributed by atoms with Crippen LogP contribution in [0.1, 0.15) is 22.8 Å². The summed E-state index contributed by atoms with van der Waals surface area (Å²) in [6, 6.07) is 10.2. The fraction of sp³-hybridized carbons (Fsp3) is 0.360. The Balaban J connectivity index is 1.66. The van der Waals surface area contributed by atoms with Crippen molar-refractivity contribution < 1.29 is 13.2 Å². The molecule has 2 heterocycles. The minimum Gasteiger partial charge on any atom is -0.368 e. The molecule has 0 aliphatic carbocycles. The molecular formula is C25H29ClN4O4S. The minimum atomic E-state index is -3.72. The molecule has 10 heteroatoms. The average molecular weight is 517 g/mol. The normalized spacial score (nSPS) is 14.7. The van der Waals surface area contributed by atoms with Crippen molar-refractivity contribution in [2.75, 3.05) is 45.2 Å². The first-order valence-corrected chi connectivity index (χ1v) is 13.3. The number of carbonyl (C=O) groups is 1. The zero-order valence-corrected chi connectivity index (χ0v) is 21.9. The van der Waals surface area contributed by atoms with Crippen molar-refractivity contribution in [1.29, 1.82) is 0 Å². The van der Waals surface area contributed by atoms with E-state index in [2.05, 4.69) is 4.90 Å². The van der Waals surface area contributed by atoms with Gasteiger partial charge < -0.3 is 14.4 Å². The van der Waals surface area contributed by atoms with E-state index in [1.807, 2.05) is 36.6 Å². The highest BCUT2D eigenvalue weighted by Gasteiger charge is 2.27. The third kappa shape index (κ3) is 4.68. The van der Waals surface area contributed by atoms with Crippen LogP contribution in [-0.4, -0.2) is 68.4 Å². The van der Waals surface area contributed by atoms with Crippen LogP contribution < -0.4 is 10.3 Å². The van der Waals surface area contributed by atoms with Crippen LogP contribution in [0.3, 0.4) is 0 Å². The van der Waals surface area contributed by atoms with Gasteiger partial charge in [-0.15, -0.1) is 0 Å². The molecule has 1 aromatic heterocycles. The van der Waals surface area contributed by atoms with Crippen LogP contribution in [0, 0.1) is 6.92 Å². The second kappa shape index (κ2) is 9.64. The molecule has 0 unspecified atom stereocenters. The number of sulfonamides is 1. The average Bonchev–Trinajstić information content (AvgIpc) is 2.85. The number of benzene rings is 2. The van der Waals surface area contributed by atoms with Crippen LogP contribution in [0.15, 0.2) is 52.3 Å². The maximum absolute atomic E-state index is 13.4. The molecule has 0 saturated carbocycles. The molecule has 1 amide bonds. The number of nitrogens with zero attached hydrogens (tertiary/aromatic N) is 4. The first-order chi connectivity index (χ1) is 16.5. The number of aryl methyl sites for hydroxylation is 2. The molecule has 1 saturated heterocycles. The standard InChI is InChI=1S/C25H29ClN4O4S/c1-5-28-16-21(24(31)20-15-19(8-9-22(20)28)35(33,34)27(3)4)25(32)30-12-10-29(11-13-30)23-14-18(26)7-6-17(23)2/h6-9,14-16H,5,10-13H2,1-4H3. The predicted octanol–water partition coefficient (Wildman–Crippen LogP) is 3.20. The third-order valence-electron chi connectivity index (χ3n) is 6.48. The smallest absolute Gasteiger partial charge is 0.259 e. The van der Waals surface area contributed by atoms with Crippen LogP contribution in [0.4, 0.5) is 5.69 Å². The zero-order valence-electron chi connectivity index (χ0n) is 20.3. The molecule has 35 heavy (non-hydrogen) atoms. The minimum absolute atomic E-state index is 0.0184. The summed E-state index contributed by atoms with van der Waals surface area (Å²) < 4.78 is 28.2. The van der Waals surface area contributed by atoms with E-state index in [1.165, 1.54) is 26.2 Å². The van der Waals surface area contributed by atoms with E-state index in [0.717, 1.165) is 15.6 Å². The molecule has 8 nitrogen and oxygen atoms in total. The molecular weight excluding hydrogens is 488 g/mol. The Morgan fingerprint density at radius 1 is 1.06 bits per heavy atom. The van der Waals surface area contributed by atoms with Crippen molar-refractivity contribution in [2.45, 2.75) is 25.3 Å². The number of aromatic nitrogens is 1. The maximum Gasteiger partial charge on any atom is 0.259 e. The van der Waals surface area contributed by atoms with Gasteiger partial charge in [0.25, 0.3) is 5.91 Å². The van der Waals surface area contributed by atoms with Crippen LogP contribution in [-0.2, 0) is 16.6 Å². The van der Waals surface area contributed by atoms with E-state index in [9.17, 15) is 18.0 Å².